The number of nitrogens with zero attached hydrogens (tertiary/aromatic N) is 1. The number of carbonyl (C=O) groups excluding carboxylic acids is 1. The minimum atomic E-state index is -0.592. The summed E-state index contributed by atoms with van der Waals surface area (Å²) < 4.78 is 0. The fourth-order valence-corrected chi connectivity index (χ4v) is 2.38. The largest absolute Gasteiger partial charge is 0.347 e. The number of nitrogens with one attached hydrogen (secondary N) is 1. The minimum absolute atomic E-state index is 0.114. The van der Waals surface area contributed by atoms with Gasteiger partial charge >= 0.3 is 0 Å². The maximum Gasteiger partial charge on any atom is 0.288 e. The molecule has 19 heavy (non-hydrogen) atoms. The molecule has 1 aliphatic carbocycles. The highest BCUT2D eigenvalue weighted by molar-refractivity contribution is 6.35. The molecule has 0 aliphatic heterocycles. The molecule has 102 valence electrons. The number of halogens is 1. The standard InChI is InChI=1S/C13H15ClN2O3/c1-13(2,8-6-7-8)15-12(17)9-4-3-5-10(11(9)14)16(18)19/h3-5,8H,6-7H2,1-2H3,(H,15,17). The molecule has 0 bridgehead atoms. The zero-order valence-corrected chi connectivity index (χ0v) is 11.5. The second-order valence-corrected chi connectivity index (χ2v) is 5.72. The monoisotopic (exact) mass is 282 g/mol. The summed E-state index contributed by atoms with van der Waals surface area (Å²) in [6, 6.07) is 4.24. The Morgan fingerprint density at radius 3 is 2.63 bits per heavy atom. The van der Waals surface area contributed by atoms with Crippen molar-refractivity contribution in [3.8, 4) is 0 Å². The molecule has 1 aromatic rings. The van der Waals surface area contributed by atoms with Gasteiger partial charge < -0.3 is 5.32 Å². The second kappa shape index (κ2) is 4.81. The number of nitro benzene ring substituents is 1. The van der Waals surface area contributed by atoms with Crippen molar-refractivity contribution in [1.82, 2.24) is 5.32 Å². The lowest BCUT2D eigenvalue weighted by molar-refractivity contribution is -0.384. The van der Waals surface area contributed by atoms with Crippen LogP contribution in [-0.4, -0.2) is 16.4 Å². The van der Waals surface area contributed by atoms with Gasteiger partial charge in [-0.2, -0.15) is 0 Å². The first-order valence-electron chi connectivity index (χ1n) is 6.08. The Morgan fingerprint density at radius 2 is 2.11 bits per heavy atom. The highest BCUT2D eigenvalue weighted by atomic mass is 35.5. The van der Waals surface area contributed by atoms with Crippen LogP contribution >= 0.6 is 11.6 Å². The van der Waals surface area contributed by atoms with Gasteiger partial charge in [-0.15, -0.1) is 0 Å². The van der Waals surface area contributed by atoms with Gasteiger partial charge in [0.25, 0.3) is 11.6 Å². The normalized spacial score (nSPS) is 15.1. The maximum atomic E-state index is 12.2. The lowest BCUT2D eigenvalue weighted by Crippen LogP contribution is -2.45. The molecule has 0 unspecified atom stereocenters. The van der Waals surface area contributed by atoms with E-state index in [1.807, 2.05) is 13.8 Å². The first-order valence-corrected chi connectivity index (χ1v) is 6.46. The van der Waals surface area contributed by atoms with Crippen LogP contribution < -0.4 is 5.32 Å². The Balaban J connectivity index is 2.24. The van der Waals surface area contributed by atoms with E-state index in [0.717, 1.165) is 12.8 Å². The first kappa shape index (κ1) is 13.8. The van der Waals surface area contributed by atoms with Crippen LogP contribution in [0.5, 0.6) is 0 Å². The van der Waals surface area contributed by atoms with Crippen molar-refractivity contribution >= 4 is 23.2 Å². The number of rotatable bonds is 4. The summed E-state index contributed by atoms with van der Waals surface area (Å²) in [4.78, 5) is 22.4. The Labute approximate surface area is 116 Å². The predicted octanol–water partition coefficient (Wildman–Crippen LogP) is 3.17. The first-order chi connectivity index (χ1) is 8.83. The SMILES string of the molecule is CC(C)(NC(=O)c1cccc([N+](=O)[O-])c1Cl)C1CC1. The Bertz CT molecular complexity index is 539. The maximum absolute atomic E-state index is 12.2. The van der Waals surface area contributed by atoms with E-state index in [1.165, 1.54) is 18.2 Å². The summed E-state index contributed by atoms with van der Waals surface area (Å²) in [6.07, 6.45) is 2.19. The van der Waals surface area contributed by atoms with Crippen LogP contribution in [0.4, 0.5) is 5.69 Å². The van der Waals surface area contributed by atoms with E-state index in [9.17, 15) is 14.9 Å². The van der Waals surface area contributed by atoms with Crippen molar-refractivity contribution in [2.45, 2.75) is 32.2 Å². The van der Waals surface area contributed by atoms with Crippen LogP contribution in [0.1, 0.15) is 37.0 Å². The van der Waals surface area contributed by atoms with Gasteiger partial charge in [0.05, 0.1) is 10.5 Å². The van der Waals surface area contributed by atoms with Gasteiger partial charge in [-0.3, -0.25) is 14.9 Å². The molecule has 1 N–H and O–H groups in total. The number of nitro groups is 1. The lowest BCUT2D eigenvalue weighted by atomic mass is 9.98. The van der Waals surface area contributed by atoms with Crippen molar-refractivity contribution < 1.29 is 9.72 Å². The van der Waals surface area contributed by atoms with Gasteiger partial charge in [-0.05, 0) is 38.7 Å². The topological polar surface area (TPSA) is 72.2 Å². The molecule has 0 heterocycles. The van der Waals surface area contributed by atoms with Gasteiger partial charge in [0.2, 0.25) is 0 Å². The van der Waals surface area contributed by atoms with Crippen LogP contribution in [0.3, 0.4) is 0 Å². The third-order valence-electron chi connectivity index (χ3n) is 3.45. The van der Waals surface area contributed by atoms with E-state index in [2.05, 4.69) is 5.32 Å². The van der Waals surface area contributed by atoms with Gasteiger partial charge in [-0.1, -0.05) is 17.7 Å². The second-order valence-electron chi connectivity index (χ2n) is 5.35. The molecule has 1 saturated carbocycles. The molecule has 0 aromatic heterocycles. The number of amides is 1. The molecule has 0 atom stereocenters. The molecule has 1 aromatic carbocycles. The molecule has 0 spiro atoms. The lowest BCUT2D eigenvalue weighted by Gasteiger charge is -2.26. The summed E-state index contributed by atoms with van der Waals surface area (Å²) in [5.74, 6) is 0.0968. The van der Waals surface area contributed by atoms with Crippen LogP contribution in [0.2, 0.25) is 5.02 Å². The van der Waals surface area contributed by atoms with Crippen LogP contribution in [-0.2, 0) is 0 Å². The van der Waals surface area contributed by atoms with Gasteiger partial charge in [-0.25, -0.2) is 0 Å². The highest BCUT2D eigenvalue weighted by Crippen LogP contribution is 2.39. The summed E-state index contributed by atoms with van der Waals surface area (Å²) in [5, 5.41) is 13.6. The summed E-state index contributed by atoms with van der Waals surface area (Å²) in [5.41, 5.74) is -0.423. The Kier molecular flexibility index (Phi) is 3.49. The molecule has 1 fully saturated rings. The van der Waals surface area contributed by atoms with Gasteiger partial charge in [0, 0.05) is 11.6 Å². The van der Waals surface area contributed by atoms with E-state index in [4.69, 9.17) is 11.6 Å². The van der Waals surface area contributed by atoms with Crippen molar-refractivity contribution in [2.75, 3.05) is 0 Å². The molecule has 0 radical (unpaired) electrons. The zero-order valence-electron chi connectivity index (χ0n) is 10.8. The molecule has 6 heteroatoms. The van der Waals surface area contributed by atoms with E-state index in [1.54, 1.807) is 0 Å². The van der Waals surface area contributed by atoms with E-state index in [0.29, 0.717) is 5.92 Å². The van der Waals surface area contributed by atoms with Crippen molar-refractivity contribution in [3.05, 3.63) is 38.9 Å². The molecule has 0 saturated heterocycles. The molecule has 1 aliphatic rings. The predicted molar refractivity (Wildman–Crippen MR) is 72.4 cm³/mol. The Hall–Kier alpha value is -1.62. The number of benzene rings is 1. The van der Waals surface area contributed by atoms with Crippen molar-refractivity contribution in [3.63, 3.8) is 0 Å². The average Bonchev–Trinajstić information content (AvgIpc) is 3.11. The van der Waals surface area contributed by atoms with Crippen LogP contribution in [0.15, 0.2) is 18.2 Å². The van der Waals surface area contributed by atoms with E-state index in [-0.39, 0.29) is 27.7 Å². The number of carbonyl (C=O) groups is 1. The van der Waals surface area contributed by atoms with Crippen molar-refractivity contribution in [2.24, 2.45) is 5.92 Å². The van der Waals surface area contributed by atoms with Gasteiger partial charge in [0.15, 0.2) is 0 Å². The summed E-state index contributed by atoms with van der Waals surface area (Å²) in [7, 11) is 0. The number of hydrogen-bond acceptors (Lipinski definition) is 3. The van der Waals surface area contributed by atoms with Crippen LogP contribution in [0.25, 0.3) is 0 Å². The van der Waals surface area contributed by atoms with Crippen molar-refractivity contribution in [1.29, 1.82) is 0 Å². The third-order valence-corrected chi connectivity index (χ3v) is 3.85. The average molecular weight is 283 g/mol. The minimum Gasteiger partial charge on any atom is -0.347 e. The van der Waals surface area contributed by atoms with Gasteiger partial charge in [0.1, 0.15) is 5.02 Å². The quantitative estimate of drug-likeness (QED) is 0.681. The van der Waals surface area contributed by atoms with E-state index >= 15 is 0 Å². The fraction of sp³-hybridized carbons (Fsp3) is 0.462. The summed E-state index contributed by atoms with van der Waals surface area (Å²) >= 11 is 5.92. The third kappa shape index (κ3) is 2.87. The van der Waals surface area contributed by atoms with Crippen LogP contribution in [0, 0.1) is 16.0 Å². The molecular formula is C13H15ClN2O3. The molecular weight excluding hydrogens is 268 g/mol. The highest BCUT2D eigenvalue weighted by Gasteiger charge is 2.39. The number of hydrogen-bond donors (Lipinski definition) is 1. The van der Waals surface area contributed by atoms with E-state index < -0.39 is 4.92 Å². The summed E-state index contributed by atoms with van der Waals surface area (Å²) in [6.45, 7) is 3.90. The fourth-order valence-electron chi connectivity index (χ4n) is 2.10. The smallest absolute Gasteiger partial charge is 0.288 e. The Morgan fingerprint density at radius 1 is 1.47 bits per heavy atom. The molecule has 2 rings (SSSR count). The zero-order chi connectivity index (χ0) is 14.2. The molecule has 1 amide bonds. The molecule has 5 nitrogen and oxygen atoms in total.